The third kappa shape index (κ3) is 2.00. The van der Waals surface area contributed by atoms with Gasteiger partial charge in [0.2, 0.25) is 0 Å². The molecule has 18 heavy (non-hydrogen) atoms. The number of fused-ring (bicyclic) bond motifs is 1. The van der Waals surface area contributed by atoms with E-state index in [1.54, 1.807) is 19.1 Å². The minimum atomic E-state index is -0.411. The molecule has 0 atom stereocenters. The summed E-state index contributed by atoms with van der Waals surface area (Å²) in [7, 11) is 1.86. The molecule has 0 radical (unpaired) electrons. The van der Waals surface area contributed by atoms with Crippen molar-refractivity contribution in [3.8, 4) is 6.07 Å². The fourth-order valence-electron chi connectivity index (χ4n) is 1.92. The smallest absolute Gasteiger partial charge is 0.338 e. The summed E-state index contributed by atoms with van der Waals surface area (Å²) >= 11 is 3.42. The average molecular weight is 307 g/mol. The summed E-state index contributed by atoms with van der Waals surface area (Å²) in [5.41, 5.74) is 1.66. The van der Waals surface area contributed by atoms with Crippen LogP contribution in [0.25, 0.3) is 10.9 Å². The number of carbonyl (C=O) groups is 1. The Hall–Kier alpha value is -1.80. The SMILES string of the molecule is CCOC(=O)c1cc(C#N)c2c(c1)c(Br)cn2C. The maximum absolute atomic E-state index is 11.7. The zero-order valence-electron chi connectivity index (χ0n) is 10.0. The fourth-order valence-corrected chi connectivity index (χ4v) is 2.53. The van der Waals surface area contributed by atoms with Crippen LogP contribution in [-0.2, 0) is 11.8 Å². The van der Waals surface area contributed by atoms with Gasteiger partial charge in [-0.1, -0.05) is 0 Å². The molecule has 0 aliphatic heterocycles. The third-order valence-electron chi connectivity index (χ3n) is 2.66. The normalized spacial score (nSPS) is 10.3. The van der Waals surface area contributed by atoms with Crippen LogP contribution in [-0.4, -0.2) is 17.1 Å². The highest BCUT2D eigenvalue weighted by Crippen LogP contribution is 2.29. The van der Waals surface area contributed by atoms with E-state index in [0.29, 0.717) is 17.7 Å². The van der Waals surface area contributed by atoms with Gasteiger partial charge < -0.3 is 9.30 Å². The molecular weight excluding hydrogens is 296 g/mol. The van der Waals surface area contributed by atoms with Crippen LogP contribution in [0, 0.1) is 11.3 Å². The number of halogens is 1. The van der Waals surface area contributed by atoms with E-state index in [2.05, 4.69) is 22.0 Å². The Balaban J connectivity index is 2.71. The molecular formula is C13H11BrN2O2. The van der Waals surface area contributed by atoms with Gasteiger partial charge in [0, 0.05) is 23.1 Å². The lowest BCUT2D eigenvalue weighted by Gasteiger charge is -2.04. The number of nitriles is 1. The van der Waals surface area contributed by atoms with Crippen LogP contribution in [0.1, 0.15) is 22.8 Å². The van der Waals surface area contributed by atoms with Gasteiger partial charge in [-0.3, -0.25) is 0 Å². The van der Waals surface area contributed by atoms with Gasteiger partial charge in [-0.05, 0) is 35.0 Å². The molecule has 4 nitrogen and oxygen atoms in total. The maximum atomic E-state index is 11.7. The van der Waals surface area contributed by atoms with Crippen molar-refractivity contribution in [2.45, 2.75) is 6.92 Å². The molecule has 1 aromatic heterocycles. The second kappa shape index (κ2) is 4.83. The summed E-state index contributed by atoms with van der Waals surface area (Å²) in [5.74, 6) is -0.411. The summed E-state index contributed by atoms with van der Waals surface area (Å²) in [6.07, 6.45) is 1.86. The highest BCUT2D eigenvalue weighted by molar-refractivity contribution is 9.10. The van der Waals surface area contributed by atoms with Crippen LogP contribution in [0.15, 0.2) is 22.8 Å². The molecule has 1 aromatic carbocycles. The highest BCUT2D eigenvalue weighted by Gasteiger charge is 2.15. The van der Waals surface area contributed by atoms with Crippen molar-refractivity contribution in [1.29, 1.82) is 5.26 Å². The van der Waals surface area contributed by atoms with Gasteiger partial charge in [-0.2, -0.15) is 5.26 Å². The predicted molar refractivity (Wildman–Crippen MR) is 71.3 cm³/mol. The molecule has 2 rings (SSSR count). The van der Waals surface area contributed by atoms with Crippen molar-refractivity contribution >= 4 is 32.8 Å². The Morgan fingerprint density at radius 2 is 2.28 bits per heavy atom. The van der Waals surface area contributed by atoms with Crippen LogP contribution in [0.2, 0.25) is 0 Å². The van der Waals surface area contributed by atoms with Crippen molar-refractivity contribution in [3.63, 3.8) is 0 Å². The number of hydrogen-bond donors (Lipinski definition) is 0. The van der Waals surface area contributed by atoms with Crippen LogP contribution in [0.4, 0.5) is 0 Å². The Morgan fingerprint density at radius 3 is 2.89 bits per heavy atom. The molecule has 0 saturated carbocycles. The van der Waals surface area contributed by atoms with Gasteiger partial charge in [0.1, 0.15) is 6.07 Å². The van der Waals surface area contributed by atoms with E-state index in [-0.39, 0.29) is 0 Å². The quantitative estimate of drug-likeness (QED) is 0.801. The summed E-state index contributed by atoms with van der Waals surface area (Å²) in [4.78, 5) is 11.7. The summed E-state index contributed by atoms with van der Waals surface area (Å²) in [5, 5.41) is 10.0. The third-order valence-corrected chi connectivity index (χ3v) is 3.29. The maximum Gasteiger partial charge on any atom is 0.338 e. The van der Waals surface area contributed by atoms with E-state index in [9.17, 15) is 10.1 Å². The fraction of sp³-hybridized carbons (Fsp3) is 0.231. The van der Waals surface area contributed by atoms with E-state index in [1.807, 2.05) is 17.8 Å². The van der Waals surface area contributed by atoms with Crippen molar-refractivity contribution in [1.82, 2.24) is 4.57 Å². The lowest BCUT2D eigenvalue weighted by molar-refractivity contribution is 0.0526. The van der Waals surface area contributed by atoms with Gasteiger partial charge in [0.15, 0.2) is 0 Å². The summed E-state index contributed by atoms with van der Waals surface area (Å²) in [6, 6.07) is 5.41. The lowest BCUT2D eigenvalue weighted by atomic mass is 10.1. The molecule has 0 amide bonds. The van der Waals surface area contributed by atoms with E-state index in [4.69, 9.17) is 4.74 Å². The number of ether oxygens (including phenoxy) is 1. The van der Waals surface area contributed by atoms with Gasteiger partial charge in [-0.25, -0.2) is 4.79 Å². The number of rotatable bonds is 2. The first-order valence-electron chi connectivity index (χ1n) is 5.44. The average Bonchev–Trinajstić information content (AvgIpc) is 2.64. The Kier molecular flexibility index (Phi) is 3.39. The van der Waals surface area contributed by atoms with Gasteiger partial charge in [0.25, 0.3) is 0 Å². The number of benzene rings is 1. The number of aryl methyl sites for hydroxylation is 1. The Labute approximate surface area is 113 Å². The van der Waals surface area contributed by atoms with Crippen molar-refractivity contribution in [2.24, 2.45) is 7.05 Å². The topological polar surface area (TPSA) is 55.0 Å². The Morgan fingerprint density at radius 1 is 1.56 bits per heavy atom. The number of carbonyl (C=O) groups excluding carboxylic acids is 1. The van der Waals surface area contributed by atoms with Gasteiger partial charge in [0.05, 0.1) is 23.3 Å². The van der Waals surface area contributed by atoms with E-state index in [0.717, 1.165) is 15.4 Å². The summed E-state index contributed by atoms with van der Waals surface area (Å²) in [6.45, 7) is 2.06. The number of esters is 1. The molecule has 2 aromatic rings. The van der Waals surface area contributed by atoms with Crippen LogP contribution in [0.3, 0.4) is 0 Å². The molecule has 0 N–H and O–H groups in total. The largest absolute Gasteiger partial charge is 0.462 e. The van der Waals surface area contributed by atoms with Crippen LogP contribution < -0.4 is 0 Å². The van der Waals surface area contributed by atoms with E-state index in [1.165, 1.54) is 0 Å². The minimum absolute atomic E-state index is 0.314. The number of nitrogens with zero attached hydrogens (tertiary/aromatic N) is 2. The molecule has 0 aliphatic rings. The lowest BCUT2D eigenvalue weighted by Crippen LogP contribution is -2.05. The second-order valence-corrected chi connectivity index (χ2v) is 4.69. The highest BCUT2D eigenvalue weighted by atomic mass is 79.9. The molecule has 0 fully saturated rings. The first-order valence-corrected chi connectivity index (χ1v) is 6.23. The van der Waals surface area contributed by atoms with Crippen LogP contribution >= 0.6 is 15.9 Å². The number of hydrogen-bond acceptors (Lipinski definition) is 3. The monoisotopic (exact) mass is 306 g/mol. The predicted octanol–water partition coefficient (Wildman–Crippen LogP) is 2.99. The zero-order valence-corrected chi connectivity index (χ0v) is 11.6. The second-order valence-electron chi connectivity index (χ2n) is 3.84. The standard InChI is InChI=1S/C13H11BrN2O2/c1-3-18-13(17)8-4-9(6-15)12-10(5-8)11(14)7-16(12)2/h4-5,7H,3H2,1-2H3. The Bertz CT molecular complexity index is 668. The van der Waals surface area contributed by atoms with Crippen molar-refractivity contribution in [3.05, 3.63) is 33.9 Å². The summed E-state index contributed by atoms with van der Waals surface area (Å²) < 4.78 is 7.66. The van der Waals surface area contributed by atoms with E-state index >= 15 is 0 Å². The van der Waals surface area contributed by atoms with Gasteiger partial charge >= 0.3 is 5.97 Å². The number of aromatic nitrogens is 1. The minimum Gasteiger partial charge on any atom is -0.462 e. The molecule has 1 heterocycles. The molecule has 0 aliphatic carbocycles. The van der Waals surface area contributed by atoms with E-state index < -0.39 is 5.97 Å². The molecule has 0 bridgehead atoms. The molecule has 0 spiro atoms. The molecule has 0 saturated heterocycles. The van der Waals surface area contributed by atoms with Crippen molar-refractivity contribution < 1.29 is 9.53 Å². The first kappa shape index (κ1) is 12.7. The molecule has 92 valence electrons. The molecule has 0 unspecified atom stereocenters. The molecule has 5 heteroatoms. The zero-order chi connectivity index (χ0) is 13.3. The van der Waals surface area contributed by atoms with Gasteiger partial charge in [-0.15, -0.1) is 0 Å². The first-order chi connectivity index (χ1) is 8.58. The van der Waals surface area contributed by atoms with Crippen LogP contribution in [0.5, 0.6) is 0 Å². The van der Waals surface area contributed by atoms with Crippen molar-refractivity contribution in [2.75, 3.05) is 6.61 Å².